The fourth-order valence-electron chi connectivity index (χ4n) is 3.96. The van der Waals surface area contributed by atoms with Crippen LogP contribution >= 0.6 is 23.4 Å². The van der Waals surface area contributed by atoms with E-state index in [0.29, 0.717) is 41.6 Å². The van der Waals surface area contributed by atoms with Crippen LogP contribution in [0.2, 0.25) is 5.02 Å². The summed E-state index contributed by atoms with van der Waals surface area (Å²) in [7, 11) is -8.15. The van der Waals surface area contributed by atoms with Gasteiger partial charge in [0.1, 0.15) is 16.4 Å². The summed E-state index contributed by atoms with van der Waals surface area (Å²) in [5, 5.41) is -0.633. The molecule has 4 rings (SSSR count). The molecule has 9 nitrogen and oxygen atoms in total. The van der Waals surface area contributed by atoms with Crippen LogP contribution < -0.4 is 4.72 Å². The molecule has 1 N–H and O–H groups in total. The van der Waals surface area contributed by atoms with Gasteiger partial charge in [-0.05, 0) is 61.0 Å². The van der Waals surface area contributed by atoms with E-state index in [1.807, 2.05) is 0 Å². The lowest BCUT2D eigenvalue weighted by atomic mass is 10.1. The van der Waals surface area contributed by atoms with E-state index in [2.05, 4.69) is 9.71 Å². The van der Waals surface area contributed by atoms with E-state index in [1.54, 1.807) is 19.1 Å². The van der Waals surface area contributed by atoms with Gasteiger partial charge in [-0.15, -0.1) is 0 Å². The summed E-state index contributed by atoms with van der Waals surface area (Å²) in [6.07, 6.45) is -4.09. The fraction of sp³-hybridized carbons (Fsp3) is 0.308. The van der Waals surface area contributed by atoms with Gasteiger partial charge >= 0.3 is 6.18 Å². The van der Waals surface area contributed by atoms with Crippen molar-refractivity contribution in [3.8, 4) is 0 Å². The number of anilines is 1. The first-order valence-corrected chi connectivity index (χ1v) is 16.6. The normalized spacial score (nSPS) is 15.0. The number of alkyl halides is 3. The molecule has 1 saturated heterocycles. The molecule has 42 heavy (non-hydrogen) atoms. The Kier molecular flexibility index (Phi) is 9.89. The third-order valence-electron chi connectivity index (χ3n) is 6.05. The average molecular weight is 664 g/mol. The molecule has 2 aromatic carbocycles. The van der Waals surface area contributed by atoms with Crippen LogP contribution in [-0.2, 0) is 31.0 Å². The number of nitrogens with zero attached hydrogens (tertiary/aromatic N) is 2. The second kappa shape index (κ2) is 12.9. The van der Waals surface area contributed by atoms with Gasteiger partial charge in [-0.25, -0.2) is 21.8 Å². The Balaban J connectivity index is 1.59. The van der Waals surface area contributed by atoms with Crippen molar-refractivity contribution in [2.45, 2.75) is 45.5 Å². The quantitative estimate of drug-likeness (QED) is 0.274. The zero-order valence-corrected chi connectivity index (χ0v) is 25.2. The molecule has 2 heterocycles. The maximum atomic E-state index is 13.0. The molecule has 0 amide bonds. The van der Waals surface area contributed by atoms with Crippen LogP contribution in [0.5, 0.6) is 0 Å². The maximum absolute atomic E-state index is 13.0. The van der Waals surface area contributed by atoms with Gasteiger partial charge in [-0.1, -0.05) is 30.3 Å². The second-order valence-electron chi connectivity index (χ2n) is 9.05. The van der Waals surface area contributed by atoms with E-state index in [0.717, 1.165) is 17.8 Å². The number of hydrogen-bond acceptors (Lipinski definition) is 8. The summed E-state index contributed by atoms with van der Waals surface area (Å²) in [6.45, 7) is 2.94. The van der Waals surface area contributed by atoms with Crippen molar-refractivity contribution in [3.63, 3.8) is 0 Å². The Labute approximate surface area is 250 Å². The lowest BCUT2D eigenvalue weighted by Gasteiger charge is -2.26. The van der Waals surface area contributed by atoms with E-state index >= 15 is 0 Å². The Morgan fingerprint density at radius 2 is 1.71 bits per heavy atom. The highest BCUT2D eigenvalue weighted by molar-refractivity contribution is 7.99. The zero-order valence-electron chi connectivity index (χ0n) is 22.0. The lowest BCUT2D eigenvalue weighted by molar-refractivity contribution is -0.137. The molecular weight excluding hydrogens is 639 g/mol. The summed E-state index contributed by atoms with van der Waals surface area (Å²) in [5.41, 5.74) is -1.13. The van der Waals surface area contributed by atoms with Crippen LogP contribution in [0.25, 0.3) is 0 Å². The van der Waals surface area contributed by atoms with E-state index in [-0.39, 0.29) is 41.7 Å². The number of nitrogens with one attached hydrogen (secondary N) is 1. The monoisotopic (exact) mass is 663 g/mol. The summed E-state index contributed by atoms with van der Waals surface area (Å²) in [6, 6.07) is 10.7. The molecule has 0 saturated carbocycles. The van der Waals surface area contributed by atoms with Crippen molar-refractivity contribution in [1.29, 1.82) is 0 Å². The molecule has 1 aliphatic heterocycles. The highest BCUT2D eigenvalue weighted by atomic mass is 35.5. The highest BCUT2D eigenvalue weighted by Gasteiger charge is 2.32. The molecule has 0 radical (unpaired) electrons. The van der Waals surface area contributed by atoms with Crippen molar-refractivity contribution in [3.05, 3.63) is 70.9 Å². The number of Topliss-reactive ketones (excluding diaryl/α,β-unsaturated/α-hetero) is 1. The van der Waals surface area contributed by atoms with E-state index in [9.17, 15) is 34.8 Å². The lowest BCUT2D eigenvalue weighted by Crippen LogP contribution is -2.40. The fourth-order valence-corrected chi connectivity index (χ4v) is 7.83. The molecule has 226 valence electrons. The van der Waals surface area contributed by atoms with Crippen molar-refractivity contribution < 1.29 is 39.5 Å². The summed E-state index contributed by atoms with van der Waals surface area (Å²) in [4.78, 5) is 17.6. The number of morpholine rings is 1. The molecule has 16 heteroatoms. The van der Waals surface area contributed by atoms with Gasteiger partial charge in [-0.2, -0.15) is 17.5 Å². The number of sulfonamides is 2. The van der Waals surface area contributed by atoms with Crippen molar-refractivity contribution >= 4 is 55.0 Å². The molecule has 3 aromatic rings. The van der Waals surface area contributed by atoms with Crippen LogP contribution in [0.3, 0.4) is 0 Å². The number of ether oxygens (including phenoxy) is 1. The van der Waals surface area contributed by atoms with Crippen LogP contribution in [0.15, 0.2) is 74.2 Å². The number of aromatic nitrogens is 1. The summed E-state index contributed by atoms with van der Waals surface area (Å²) < 4.78 is 99.3. The molecule has 0 atom stereocenters. The van der Waals surface area contributed by atoms with E-state index in [4.69, 9.17) is 16.3 Å². The molecule has 1 aromatic heterocycles. The maximum Gasteiger partial charge on any atom is 0.416 e. The van der Waals surface area contributed by atoms with Crippen LogP contribution in [0.4, 0.5) is 19.0 Å². The van der Waals surface area contributed by atoms with Crippen LogP contribution in [0, 0.1) is 0 Å². The van der Waals surface area contributed by atoms with Crippen molar-refractivity contribution in [1.82, 2.24) is 9.29 Å². The van der Waals surface area contributed by atoms with E-state index in [1.165, 1.54) is 28.6 Å². The smallest absolute Gasteiger partial charge is 0.379 e. The molecule has 0 unspecified atom stereocenters. The number of carbonyl (C=O) groups is 1. The molecular formula is C26H25ClF3N3O6S3. The molecule has 0 spiro atoms. The van der Waals surface area contributed by atoms with Crippen molar-refractivity contribution in [2.24, 2.45) is 0 Å². The average Bonchev–Trinajstić information content (AvgIpc) is 2.94. The van der Waals surface area contributed by atoms with Crippen molar-refractivity contribution in [2.75, 3.05) is 31.0 Å². The van der Waals surface area contributed by atoms with Gasteiger partial charge in [0.05, 0.1) is 28.7 Å². The van der Waals surface area contributed by atoms with Gasteiger partial charge in [0.2, 0.25) is 10.0 Å². The summed E-state index contributed by atoms with van der Waals surface area (Å²) in [5.74, 6) is -0.596. The number of benzene rings is 2. The van der Waals surface area contributed by atoms with E-state index < -0.39 is 41.7 Å². The number of carbonyl (C=O) groups excluding carboxylic acids is 1. The molecule has 1 fully saturated rings. The molecule has 0 bridgehead atoms. The Bertz CT molecular complexity index is 1680. The topological polar surface area (TPSA) is 123 Å². The van der Waals surface area contributed by atoms with Gasteiger partial charge in [0.25, 0.3) is 10.0 Å². The Hall–Kier alpha value is -2.69. The number of pyridine rings is 1. The number of hydrogen-bond donors (Lipinski definition) is 1. The van der Waals surface area contributed by atoms with Crippen LogP contribution in [0.1, 0.15) is 35.8 Å². The van der Waals surface area contributed by atoms with Crippen LogP contribution in [-0.4, -0.2) is 58.2 Å². The predicted octanol–water partition coefficient (Wildman–Crippen LogP) is 5.71. The SMILES string of the molecule is CCCC(=O)c1nc(NS(=O)(=O)c2ccc(C(F)(F)F)cc2Cl)ccc1Sc1ccc(S(=O)(=O)N2CCOCC2)cc1. The third kappa shape index (κ3) is 7.44. The zero-order chi connectivity index (χ0) is 30.7. The third-order valence-corrected chi connectivity index (χ3v) is 10.9. The Morgan fingerprint density at radius 3 is 2.31 bits per heavy atom. The highest BCUT2D eigenvalue weighted by Crippen LogP contribution is 2.35. The standard InChI is InChI=1S/C26H25ClF3N3O6S3/c1-2-3-21(34)25-22(40-18-5-7-19(8-6-18)42(37,38)33-12-14-39-15-13-33)9-11-24(31-25)32-41(35,36)23-10-4-17(16-20(23)27)26(28,29)30/h4-11,16H,2-3,12-15H2,1H3,(H,31,32). The first-order valence-electron chi connectivity index (χ1n) is 12.5. The van der Waals surface area contributed by atoms with Gasteiger partial charge in [0.15, 0.2) is 5.78 Å². The largest absolute Gasteiger partial charge is 0.416 e. The second-order valence-corrected chi connectivity index (χ2v) is 14.2. The minimum atomic E-state index is -4.71. The minimum Gasteiger partial charge on any atom is -0.379 e. The Morgan fingerprint density at radius 1 is 1.05 bits per heavy atom. The van der Waals surface area contributed by atoms with Gasteiger partial charge < -0.3 is 4.74 Å². The number of rotatable bonds is 10. The van der Waals surface area contributed by atoms with Gasteiger partial charge in [0, 0.05) is 29.3 Å². The number of ketones is 1. The molecule has 1 aliphatic rings. The first-order chi connectivity index (χ1) is 19.7. The number of halogens is 4. The predicted molar refractivity (Wildman–Crippen MR) is 151 cm³/mol. The van der Waals surface area contributed by atoms with Gasteiger partial charge in [-0.3, -0.25) is 9.52 Å². The first kappa shape index (κ1) is 32.2. The molecule has 0 aliphatic carbocycles. The minimum absolute atomic E-state index is 0.0226. The summed E-state index contributed by atoms with van der Waals surface area (Å²) >= 11 is 7.00.